The lowest BCUT2D eigenvalue weighted by molar-refractivity contribution is -0.222. The number of nitrogens with one attached hydrogen (secondary N) is 1. The van der Waals surface area contributed by atoms with E-state index in [1.165, 1.54) is 13.8 Å². The van der Waals surface area contributed by atoms with E-state index >= 15 is 0 Å². The van der Waals surface area contributed by atoms with Crippen LogP contribution in [-0.4, -0.2) is 17.7 Å². The molecule has 1 aliphatic rings. The van der Waals surface area contributed by atoms with Crippen molar-refractivity contribution in [3.05, 3.63) is 39.0 Å². The van der Waals surface area contributed by atoms with Crippen LogP contribution in [0.15, 0.2) is 22.3 Å². The Bertz CT molecular complexity index is 684. The second-order valence-electron chi connectivity index (χ2n) is 4.72. The molecule has 0 radical (unpaired) electrons. The summed E-state index contributed by atoms with van der Waals surface area (Å²) >= 11 is 8.31. The van der Waals surface area contributed by atoms with Crippen LogP contribution in [0, 0.1) is 11.6 Å². The van der Waals surface area contributed by atoms with Crippen molar-refractivity contribution in [1.29, 1.82) is 0 Å². The van der Waals surface area contributed by atoms with E-state index in [-0.39, 0.29) is 10.2 Å². The van der Waals surface area contributed by atoms with Gasteiger partial charge in [0.25, 0.3) is 5.79 Å². The fraction of sp³-hybridized carbons (Fsp3) is 0.231. The Labute approximate surface area is 137 Å². The van der Waals surface area contributed by atoms with E-state index in [0.29, 0.717) is 0 Å². The molecule has 0 aromatic heterocycles. The zero-order chi connectivity index (χ0) is 16.7. The van der Waals surface area contributed by atoms with Gasteiger partial charge in [-0.15, -0.1) is 0 Å². The summed E-state index contributed by atoms with van der Waals surface area (Å²) in [5, 5.41) is 1.91. The summed E-state index contributed by atoms with van der Waals surface area (Å²) in [4.78, 5) is 23.4. The number of halogens is 4. The monoisotopic (exact) mass is 395 g/mol. The van der Waals surface area contributed by atoms with Crippen molar-refractivity contribution in [3.63, 3.8) is 0 Å². The standard InChI is InChI=1S/C13H9BrClF2NO4/c1-13(2)21-11(19)5(12(20)22-13)4-18-10-7(16)3-6(15)9(17)8(10)14/h3-4,18H,1-2H3. The molecule has 0 atom stereocenters. The number of esters is 2. The van der Waals surface area contributed by atoms with Gasteiger partial charge in [-0.1, -0.05) is 11.6 Å². The maximum atomic E-state index is 13.8. The molecule has 0 amide bonds. The maximum Gasteiger partial charge on any atom is 0.350 e. The summed E-state index contributed by atoms with van der Waals surface area (Å²) in [6.45, 7) is 2.77. The number of benzene rings is 1. The SMILES string of the molecule is CC1(C)OC(=O)C(=CNc2c(F)cc(Cl)c(F)c2Br)C(=O)O1. The van der Waals surface area contributed by atoms with Gasteiger partial charge >= 0.3 is 11.9 Å². The van der Waals surface area contributed by atoms with Gasteiger partial charge in [0.05, 0.1) is 15.2 Å². The van der Waals surface area contributed by atoms with Crippen molar-refractivity contribution in [2.45, 2.75) is 19.6 Å². The summed E-state index contributed by atoms with van der Waals surface area (Å²) in [5.74, 6) is -5.05. The minimum absolute atomic E-state index is 0.285. The minimum atomic E-state index is -1.39. The average molecular weight is 397 g/mol. The molecule has 0 saturated carbocycles. The van der Waals surface area contributed by atoms with Crippen molar-refractivity contribution < 1.29 is 27.8 Å². The van der Waals surface area contributed by atoms with Gasteiger partial charge in [0, 0.05) is 20.0 Å². The van der Waals surface area contributed by atoms with Gasteiger partial charge < -0.3 is 14.8 Å². The van der Waals surface area contributed by atoms with E-state index in [2.05, 4.69) is 21.2 Å². The molecule has 1 aromatic rings. The third-order valence-corrected chi connectivity index (χ3v) is 3.61. The third-order valence-electron chi connectivity index (χ3n) is 2.59. The Balaban J connectivity index is 2.32. The smallest absolute Gasteiger partial charge is 0.350 e. The van der Waals surface area contributed by atoms with E-state index in [9.17, 15) is 18.4 Å². The number of ether oxygens (including phenoxy) is 2. The number of hydrogen-bond acceptors (Lipinski definition) is 5. The first-order valence-electron chi connectivity index (χ1n) is 5.89. The van der Waals surface area contributed by atoms with Gasteiger partial charge in [-0.2, -0.15) is 0 Å². The molecule has 1 N–H and O–H groups in total. The number of carbonyl (C=O) groups is 2. The lowest BCUT2D eigenvalue weighted by Gasteiger charge is -2.29. The Morgan fingerprint density at radius 2 is 1.82 bits per heavy atom. The molecule has 1 saturated heterocycles. The van der Waals surface area contributed by atoms with E-state index in [1.54, 1.807) is 0 Å². The number of rotatable bonds is 2. The first-order valence-corrected chi connectivity index (χ1v) is 7.06. The molecule has 5 nitrogen and oxygen atoms in total. The Hall–Kier alpha value is -1.67. The highest BCUT2D eigenvalue weighted by Crippen LogP contribution is 2.33. The van der Waals surface area contributed by atoms with Crippen LogP contribution in [0.25, 0.3) is 0 Å². The second kappa shape index (κ2) is 5.85. The average Bonchev–Trinajstić information content (AvgIpc) is 2.37. The van der Waals surface area contributed by atoms with Crippen LogP contribution in [0.5, 0.6) is 0 Å². The predicted molar refractivity (Wildman–Crippen MR) is 77.0 cm³/mol. The lowest BCUT2D eigenvalue weighted by atomic mass is 10.2. The molecule has 2 rings (SSSR count). The van der Waals surface area contributed by atoms with Crippen molar-refractivity contribution in [3.8, 4) is 0 Å². The van der Waals surface area contributed by atoms with Gasteiger partial charge in [0.1, 0.15) is 5.82 Å². The van der Waals surface area contributed by atoms with E-state index in [0.717, 1.165) is 12.3 Å². The van der Waals surface area contributed by atoms with Crippen molar-refractivity contribution in [2.24, 2.45) is 0 Å². The van der Waals surface area contributed by atoms with E-state index in [1.807, 2.05) is 0 Å². The fourth-order valence-corrected chi connectivity index (χ4v) is 2.44. The molecule has 9 heteroatoms. The quantitative estimate of drug-likeness (QED) is 0.272. The van der Waals surface area contributed by atoms with Crippen LogP contribution in [0.1, 0.15) is 13.8 Å². The summed E-state index contributed by atoms with van der Waals surface area (Å²) in [7, 11) is 0. The molecular weight excluding hydrogens is 387 g/mol. The zero-order valence-corrected chi connectivity index (χ0v) is 13.6. The third kappa shape index (κ3) is 3.22. The highest BCUT2D eigenvalue weighted by molar-refractivity contribution is 9.10. The molecule has 0 unspecified atom stereocenters. The molecule has 0 aliphatic carbocycles. The molecule has 1 aliphatic heterocycles. The number of anilines is 1. The Morgan fingerprint density at radius 1 is 1.27 bits per heavy atom. The summed E-state index contributed by atoms with van der Waals surface area (Å²) in [6, 6.07) is 0.753. The Morgan fingerprint density at radius 3 is 2.36 bits per heavy atom. The van der Waals surface area contributed by atoms with Crippen molar-refractivity contribution >= 4 is 45.2 Å². The van der Waals surface area contributed by atoms with Crippen LogP contribution in [0.4, 0.5) is 14.5 Å². The highest BCUT2D eigenvalue weighted by Gasteiger charge is 2.39. The molecular formula is C13H9BrClF2NO4. The van der Waals surface area contributed by atoms with Crippen LogP contribution in [-0.2, 0) is 19.1 Å². The zero-order valence-electron chi connectivity index (χ0n) is 11.3. The first kappa shape index (κ1) is 16.7. The van der Waals surface area contributed by atoms with E-state index < -0.39 is 40.0 Å². The minimum Gasteiger partial charge on any atom is -0.419 e. The van der Waals surface area contributed by atoms with Crippen molar-refractivity contribution in [1.82, 2.24) is 0 Å². The highest BCUT2D eigenvalue weighted by atomic mass is 79.9. The van der Waals surface area contributed by atoms with Gasteiger partial charge in [-0.05, 0) is 22.0 Å². The van der Waals surface area contributed by atoms with E-state index in [4.69, 9.17) is 21.1 Å². The van der Waals surface area contributed by atoms with Gasteiger partial charge in [0.2, 0.25) is 0 Å². The van der Waals surface area contributed by atoms with Crippen LogP contribution in [0.3, 0.4) is 0 Å². The largest absolute Gasteiger partial charge is 0.419 e. The summed E-state index contributed by atoms with van der Waals surface area (Å²) in [6.07, 6.45) is 0.871. The van der Waals surface area contributed by atoms with Crippen molar-refractivity contribution in [2.75, 3.05) is 5.32 Å². The summed E-state index contributed by atoms with van der Waals surface area (Å²) < 4.78 is 36.8. The van der Waals surface area contributed by atoms with Gasteiger partial charge in [0.15, 0.2) is 11.4 Å². The number of cyclic esters (lactones) is 2. The molecule has 22 heavy (non-hydrogen) atoms. The summed E-state index contributed by atoms with van der Waals surface area (Å²) in [5.41, 5.74) is -0.819. The van der Waals surface area contributed by atoms with Crippen LogP contribution < -0.4 is 5.32 Å². The topological polar surface area (TPSA) is 64.6 Å². The second-order valence-corrected chi connectivity index (χ2v) is 5.92. The fourth-order valence-electron chi connectivity index (χ4n) is 1.62. The Kier molecular flexibility index (Phi) is 4.44. The normalized spacial score (nSPS) is 16.9. The molecule has 0 spiro atoms. The van der Waals surface area contributed by atoms with Crippen LogP contribution in [0.2, 0.25) is 5.02 Å². The first-order chi connectivity index (χ1) is 10.1. The van der Waals surface area contributed by atoms with Gasteiger partial charge in [-0.3, -0.25) is 0 Å². The molecule has 1 heterocycles. The predicted octanol–water partition coefficient (Wildman–Crippen LogP) is 3.51. The van der Waals surface area contributed by atoms with Gasteiger partial charge in [-0.25, -0.2) is 18.4 Å². The molecule has 1 fully saturated rings. The lowest BCUT2D eigenvalue weighted by Crippen LogP contribution is -2.42. The molecule has 0 bridgehead atoms. The maximum absolute atomic E-state index is 13.8. The number of carbonyl (C=O) groups excluding carboxylic acids is 2. The van der Waals surface area contributed by atoms with Crippen LogP contribution >= 0.6 is 27.5 Å². The molecule has 1 aromatic carbocycles. The number of hydrogen-bond donors (Lipinski definition) is 1. The molecule has 118 valence electrons.